The van der Waals surface area contributed by atoms with Crippen LogP contribution in [0.2, 0.25) is 5.15 Å². The normalized spacial score (nSPS) is 14.8. The SMILES string of the molecule is CC(C)(C)c1noc(-c2ccc(C(=O)N3CCN(c4nc5nc(Cl)ccc5o4)CC3)cc2)n1. The van der Waals surface area contributed by atoms with Gasteiger partial charge in [0.05, 0.1) is 0 Å². The molecule has 0 radical (unpaired) electrons. The van der Waals surface area contributed by atoms with E-state index in [0.29, 0.717) is 65.9 Å². The van der Waals surface area contributed by atoms with Crippen molar-refractivity contribution < 1.29 is 13.7 Å². The van der Waals surface area contributed by atoms with Crippen molar-refractivity contribution in [1.82, 2.24) is 25.0 Å². The standard InChI is InChI=1S/C23H23ClN6O3/c1-23(2,3)21-27-19(33-28-21)14-4-6-15(7-5-14)20(31)29-10-12-30(13-11-29)22-26-18-16(32-22)8-9-17(24)25-18/h4-9H,10-13H2,1-3H3. The Morgan fingerprint density at radius 1 is 0.970 bits per heavy atom. The Balaban J connectivity index is 1.23. The van der Waals surface area contributed by atoms with Crippen LogP contribution in [0.1, 0.15) is 37.0 Å². The Bertz CT molecular complexity index is 1300. The predicted octanol–water partition coefficient (Wildman–Crippen LogP) is 4.19. The minimum atomic E-state index is -0.193. The first-order chi connectivity index (χ1) is 15.8. The van der Waals surface area contributed by atoms with Gasteiger partial charge in [-0.3, -0.25) is 4.79 Å². The molecule has 10 heteroatoms. The summed E-state index contributed by atoms with van der Waals surface area (Å²) >= 11 is 5.93. The van der Waals surface area contributed by atoms with Crippen LogP contribution in [0.15, 0.2) is 45.3 Å². The molecule has 0 aliphatic carbocycles. The maximum atomic E-state index is 13.0. The monoisotopic (exact) mass is 466 g/mol. The minimum Gasteiger partial charge on any atom is -0.422 e. The van der Waals surface area contributed by atoms with Crippen LogP contribution in [0.25, 0.3) is 22.7 Å². The van der Waals surface area contributed by atoms with Crippen molar-refractivity contribution in [3.8, 4) is 11.5 Å². The molecule has 1 aromatic carbocycles. The van der Waals surface area contributed by atoms with Gasteiger partial charge in [-0.05, 0) is 36.4 Å². The van der Waals surface area contributed by atoms with Gasteiger partial charge in [0.2, 0.25) is 5.65 Å². The van der Waals surface area contributed by atoms with Crippen LogP contribution in [-0.4, -0.2) is 57.1 Å². The predicted molar refractivity (Wildman–Crippen MR) is 123 cm³/mol. The van der Waals surface area contributed by atoms with Crippen LogP contribution in [0, 0.1) is 0 Å². The number of fused-ring (bicyclic) bond motifs is 1. The summed E-state index contributed by atoms with van der Waals surface area (Å²) in [5, 5.41) is 4.43. The third kappa shape index (κ3) is 4.28. The average molecular weight is 467 g/mol. The Kier molecular flexibility index (Phi) is 5.28. The van der Waals surface area contributed by atoms with Gasteiger partial charge in [0.25, 0.3) is 17.8 Å². The summed E-state index contributed by atoms with van der Waals surface area (Å²) in [4.78, 5) is 29.9. The van der Waals surface area contributed by atoms with Crippen LogP contribution < -0.4 is 4.90 Å². The zero-order valence-corrected chi connectivity index (χ0v) is 19.3. The summed E-state index contributed by atoms with van der Waals surface area (Å²) in [5.74, 6) is 1.07. The van der Waals surface area contributed by atoms with E-state index in [9.17, 15) is 4.79 Å². The highest BCUT2D eigenvalue weighted by molar-refractivity contribution is 6.29. The molecule has 1 amide bonds. The van der Waals surface area contributed by atoms with Gasteiger partial charge < -0.3 is 18.7 Å². The van der Waals surface area contributed by atoms with Crippen molar-refractivity contribution in [3.05, 3.63) is 52.9 Å². The number of aromatic nitrogens is 4. The fraction of sp³-hybridized carbons (Fsp3) is 0.348. The van der Waals surface area contributed by atoms with Gasteiger partial charge in [0.15, 0.2) is 11.4 Å². The molecule has 0 N–H and O–H groups in total. The van der Waals surface area contributed by atoms with Gasteiger partial charge in [-0.2, -0.15) is 9.97 Å². The summed E-state index contributed by atoms with van der Waals surface area (Å²) < 4.78 is 11.2. The number of rotatable bonds is 3. The number of benzene rings is 1. The second kappa shape index (κ2) is 8.15. The number of pyridine rings is 1. The fourth-order valence-electron chi connectivity index (χ4n) is 3.60. The highest BCUT2D eigenvalue weighted by atomic mass is 35.5. The van der Waals surface area contributed by atoms with E-state index < -0.39 is 0 Å². The fourth-order valence-corrected chi connectivity index (χ4v) is 3.75. The second-order valence-corrected chi connectivity index (χ2v) is 9.37. The van der Waals surface area contributed by atoms with E-state index in [0.717, 1.165) is 5.56 Å². The van der Waals surface area contributed by atoms with Crippen molar-refractivity contribution in [1.29, 1.82) is 0 Å². The number of amides is 1. The molecule has 0 spiro atoms. The number of halogens is 1. The number of hydrogen-bond acceptors (Lipinski definition) is 8. The van der Waals surface area contributed by atoms with Crippen molar-refractivity contribution in [2.45, 2.75) is 26.2 Å². The summed E-state index contributed by atoms with van der Waals surface area (Å²) in [6, 6.07) is 11.2. The first kappa shape index (κ1) is 21.4. The Labute approximate surface area is 195 Å². The number of hydrogen-bond donors (Lipinski definition) is 0. The van der Waals surface area contributed by atoms with E-state index >= 15 is 0 Å². The number of carbonyl (C=O) groups is 1. The third-order valence-electron chi connectivity index (χ3n) is 5.52. The smallest absolute Gasteiger partial charge is 0.300 e. The van der Waals surface area contributed by atoms with Crippen molar-refractivity contribution in [2.24, 2.45) is 0 Å². The first-order valence-electron chi connectivity index (χ1n) is 10.7. The molecule has 3 aromatic heterocycles. The van der Waals surface area contributed by atoms with Crippen molar-refractivity contribution in [2.75, 3.05) is 31.1 Å². The molecular weight excluding hydrogens is 444 g/mol. The molecule has 170 valence electrons. The van der Waals surface area contributed by atoms with Gasteiger partial charge >= 0.3 is 0 Å². The van der Waals surface area contributed by atoms with Crippen LogP contribution in [0.5, 0.6) is 0 Å². The van der Waals surface area contributed by atoms with Crippen LogP contribution >= 0.6 is 11.6 Å². The Morgan fingerprint density at radius 2 is 1.70 bits per heavy atom. The van der Waals surface area contributed by atoms with Gasteiger partial charge in [-0.15, -0.1) is 0 Å². The second-order valence-electron chi connectivity index (χ2n) is 8.98. The molecule has 1 aliphatic rings. The summed E-state index contributed by atoms with van der Waals surface area (Å²) in [7, 11) is 0. The van der Waals surface area contributed by atoms with Gasteiger partial charge in [-0.25, -0.2) is 4.98 Å². The largest absolute Gasteiger partial charge is 0.422 e. The van der Waals surface area contributed by atoms with Crippen LogP contribution in [0.3, 0.4) is 0 Å². The van der Waals surface area contributed by atoms with Crippen LogP contribution in [-0.2, 0) is 5.41 Å². The number of piperazine rings is 1. The molecule has 1 fully saturated rings. The molecule has 4 aromatic rings. The maximum Gasteiger partial charge on any atom is 0.300 e. The molecule has 9 nitrogen and oxygen atoms in total. The summed E-state index contributed by atoms with van der Waals surface area (Å²) in [6.07, 6.45) is 0. The number of nitrogens with zero attached hydrogens (tertiary/aromatic N) is 6. The lowest BCUT2D eigenvalue weighted by molar-refractivity contribution is 0.0745. The summed E-state index contributed by atoms with van der Waals surface area (Å²) in [5.41, 5.74) is 2.27. The lowest BCUT2D eigenvalue weighted by Crippen LogP contribution is -2.48. The average Bonchev–Trinajstić information content (AvgIpc) is 3.46. The zero-order chi connectivity index (χ0) is 23.2. The molecule has 1 aliphatic heterocycles. The topological polar surface area (TPSA) is 101 Å². The maximum absolute atomic E-state index is 13.0. The summed E-state index contributed by atoms with van der Waals surface area (Å²) in [6.45, 7) is 8.43. The zero-order valence-electron chi connectivity index (χ0n) is 18.6. The van der Waals surface area contributed by atoms with E-state index in [1.165, 1.54) is 0 Å². The van der Waals surface area contributed by atoms with Crippen molar-refractivity contribution >= 4 is 34.8 Å². The van der Waals surface area contributed by atoms with E-state index in [4.69, 9.17) is 20.5 Å². The first-order valence-corrected chi connectivity index (χ1v) is 11.1. The lowest BCUT2D eigenvalue weighted by atomic mass is 9.96. The highest BCUT2D eigenvalue weighted by Gasteiger charge is 2.26. The molecular formula is C23H23ClN6O3. The lowest BCUT2D eigenvalue weighted by Gasteiger charge is -2.33. The van der Waals surface area contributed by atoms with E-state index in [-0.39, 0.29) is 11.3 Å². The Morgan fingerprint density at radius 3 is 2.36 bits per heavy atom. The van der Waals surface area contributed by atoms with E-state index in [2.05, 4.69) is 20.1 Å². The van der Waals surface area contributed by atoms with E-state index in [1.54, 1.807) is 24.3 Å². The quantitative estimate of drug-likeness (QED) is 0.414. The minimum absolute atomic E-state index is 0.0203. The number of anilines is 1. The molecule has 5 rings (SSSR count). The molecule has 0 unspecified atom stereocenters. The molecule has 0 atom stereocenters. The van der Waals surface area contributed by atoms with Crippen molar-refractivity contribution in [3.63, 3.8) is 0 Å². The number of carbonyl (C=O) groups excluding carboxylic acids is 1. The Hall–Kier alpha value is -3.46. The van der Waals surface area contributed by atoms with Gasteiger partial charge in [0.1, 0.15) is 5.15 Å². The van der Waals surface area contributed by atoms with Crippen LogP contribution in [0.4, 0.5) is 6.01 Å². The van der Waals surface area contributed by atoms with Gasteiger partial charge in [-0.1, -0.05) is 37.5 Å². The van der Waals surface area contributed by atoms with E-state index in [1.807, 2.05) is 42.7 Å². The molecule has 33 heavy (non-hydrogen) atoms. The molecule has 0 saturated carbocycles. The highest BCUT2D eigenvalue weighted by Crippen LogP contribution is 2.25. The third-order valence-corrected chi connectivity index (χ3v) is 5.73. The van der Waals surface area contributed by atoms with Gasteiger partial charge in [0, 0.05) is 42.7 Å². The molecule has 4 heterocycles. The molecule has 1 saturated heterocycles. The number of oxazole rings is 1. The molecule has 0 bridgehead atoms.